The van der Waals surface area contributed by atoms with Crippen molar-refractivity contribution in [3.8, 4) is 5.75 Å². The fraction of sp³-hybridized carbons (Fsp3) is 0.350. The van der Waals surface area contributed by atoms with Crippen LogP contribution in [0.5, 0.6) is 5.75 Å². The molecule has 2 aromatic heterocycles. The van der Waals surface area contributed by atoms with Crippen LogP contribution in [0.15, 0.2) is 45.7 Å². The molecular weight excluding hydrogens is 346 g/mol. The van der Waals surface area contributed by atoms with Gasteiger partial charge in [-0.2, -0.15) is 5.10 Å². The van der Waals surface area contributed by atoms with E-state index in [2.05, 4.69) is 24.3 Å². The average molecular weight is 369 g/mol. The van der Waals surface area contributed by atoms with Gasteiger partial charge in [0, 0.05) is 23.6 Å². The Bertz CT molecular complexity index is 1000. The number of hydrogen-bond donors (Lipinski definition) is 1. The summed E-state index contributed by atoms with van der Waals surface area (Å²) in [6.07, 6.45) is 3.46. The maximum atomic E-state index is 12.9. The molecule has 1 N–H and O–H groups in total. The number of rotatable bonds is 7. The van der Waals surface area contributed by atoms with Gasteiger partial charge in [0.15, 0.2) is 0 Å². The van der Waals surface area contributed by atoms with Crippen LogP contribution in [0.1, 0.15) is 50.0 Å². The van der Waals surface area contributed by atoms with Gasteiger partial charge in [-0.25, -0.2) is 9.48 Å². The lowest BCUT2D eigenvalue weighted by Crippen LogP contribution is -2.19. The van der Waals surface area contributed by atoms with Gasteiger partial charge >= 0.3 is 5.63 Å². The van der Waals surface area contributed by atoms with E-state index in [4.69, 9.17) is 9.15 Å². The molecule has 3 aromatic rings. The number of ether oxygens (including phenoxy) is 1. The molecular formula is C20H23N3O4. The standard InChI is InChI=1S/C20H23N3O4/c1-4-13(5-2)23-18(9-10-21-23)22-20(25)16-12-19(24)27-17-11-14(26-6-3)7-8-15(16)17/h7-13H,4-6H2,1-3H3,(H,22,25). The molecule has 0 unspecified atom stereocenters. The van der Waals surface area contributed by atoms with Crippen molar-refractivity contribution in [1.82, 2.24) is 9.78 Å². The SMILES string of the molecule is CCOc1ccc2c(C(=O)Nc3ccnn3C(CC)CC)cc(=O)oc2c1. The Hall–Kier alpha value is -3.09. The number of carbonyl (C=O) groups is 1. The van der Waals surface area contributed by atoms with Gasteiger partial charge < -0.3 is 14.5 Å². The molecule has 0 saturated carbocycles. The first-order chi connectivity index (χ1) is 13.1. The second-order valence-corrected chi connectivity index (χ2v) is 6.16. The Kier molecular flexibility index (Phi) is 5.59. The van der Waals surface area contributed by atoms with Crippen LogP contribution < -0.4 is 15.7 Å². The number of amides is 1. The number of aromatic nitrogens is 2. The molecule has 7 nitrogen and oxygen atoms in total. The van der Waals surface area contributed by atoms with E-state index >= 15 is 0 Å². The first-order valence-electron chi connectivity index (χ1n) is 9.12. The number of fused-ring (bicyclic) bond motifs is 1. The molecule has 0 aliphatic heterocycles. The largest absolute Gasteiger partial charge is 0.494 e. The highest BCUT2D eigenvalue weighted by Gasteiger charge is 2.18. The molecule has 7 heteroatoms. The Morgan fingerprint density at radius 1 is 1.22 bits per heavy atom. The minimum Gasteiger partial charge on any atom is -0.494 e. The molecule has 0 bridgehead atoms. The summed E-state index contributed by atoms with van der Waals surface area (Å²) in [6.45, 7) is 6.52. The van der Waals surface area contributed by atoms with Crippen molar-refractivity contribution in [3.05, 3.63) is 52.5 Å². The maximum Gasteiger partial charge on any atom is 0.337 e. The molecule has 2 heterocycles. The highest BCUT2D eigenvalue weighted by atomic mass is 16.5. The van der Waals surface area contributed by atoms with Crippen molar-refractivity contribution in [2.24, 2.45) is 0 Å². The summed E-state index contributed by atoms with van der Waals surface area (Å²) in [5, 5.41) is 7.73. The Morgan fingerprint density at radius 2 is 2.00 bits per heavy atom. The summed E-state index contributed by atoms with van der Waals surface area (Å²) in [7, 11) is 0. The molecule has 27 heavy (non-hydrogen) atoms. The van der Waals surface area contributed by atoms with E-state index in [-0.39, 0.29) is 17.5 Å². The van der Waals surface area contributed by atoms with Crippen molar-refractivity contribution >= 4 is 22.7 Å². The molecule has 0 radical (unpaired) electrons. The summed E-state index contributed by atoms with van der Waals surface area (Å²) in [5.41, 5.74) is -0.0245. The summed E-state index contributed by atoms with van der Waals surface area (Å²) >= 11 is 0. The van der Waals surface area contributed by atoms with Crippen molar-refractivity contribution in [2.75, 3.05) is 11.9 Å². The predicted octanol–water partition coefficient (Wildman–Crippen LogP) is 4.00. The zero-order chi connectivity index (χ0) is 19.4. The number of nitrogens with one attached hydrogen (secondary N) is 1. The summed E-state index contributed by atoms with van der Waals surface area (Å²) in [5.74, 6) is 0.795. The normalized spacial score (nSPS) is 11.1. The molecule has 0 spiro atoms. The number of anilines is 1. The Morgan fingerprint density at radius 3 is 2.70 bits per heavy atom. The van der Waals surface area contributed by atoms with Gasteiger partial charge in [-0.05, 0) is 31.9 Å². The maximum absolute atomic E-state index is 12.9. The first-order valence-corrected chi connectivity index (χ1v) is 9.12. The van der Waals surface area contributed by atoms with E-state index in [1.54, 1.807) is 35.1 Å². The van der Waals surface area contributed by atoms with Crippen LogP contribution in [-0.4, -0.2) is 22.3 Å². The fourth-order valence-electron chi connectivity index (χ4n) is 3.11. The number of carbonyl (C=O) groups excluding carboxylic acids is 1. The minimum atomic E-state index is -0.588. The lowest BCUT2D eigenvalue weighted by molar-refractivity contribution is 0.102. The summed E-state index contributed by atoms with van der Waals surface area (Å²) in [6, 6.07) is 8.23. The highest BCUT2D eigenvalue weighted by molar-refractivity contribution is 6.11. The third kappa shape index (κ3) is 3.86. The van der Waals surface area contributed by atoms with E-state index in [9.17, 15) is 9.59 Å². The van der Waals surface area contributed by atoms with Crippen LogP contribution in [-0.2, 0) is 0 Å². The van der Waals surface area contributed by atoms with E-state index in [0.29, 0.717) is 29.1 Å². The van der Waals surface area contributed by atoms with E-state index in [1.165, 1.54) is 6.07 Å². The van der Waals surface area contributed by atoms with E-state index < -0.39 is 5.63 Å². The van der Waals surface area contributed by atoms with Gasteiger partial charge in [0.1, 0.15) is 17.2 Å². The second kappa shape index (κ2) is 8.07. The van der Waals surface area contributed by atoms with Crippen molar-refractivity contribution in [2.45, 2.75) is 39.7 Å². The Labute approximate surface area is 156 Å². The van der Waals surface area contributed by atoms with E-state index in [0.717, 1.165) is 12.8 Å². The Balaban J connectivity index is 1.97. The number of benzene rings is 1. The first kappa shape index (κ1) is 18.7. The lowest BCUT2D eigenvalue weighted by atomic mass is 10.1. The van der Waals surface area contributed by atoms with Crippen LogP contribution in [0, 0.1) is 0 Å². The summed E-state index contributed by atoms with van der Waals surface area (Å²) in [4.78, 5) is 24.8. The second-order valence-electron chi connectivity index (χ2n) is 6.16. The molecule has 142 valence electrons. The number of nitrogens with zero attached hydrogens (tertiary/aromatic N) is 2. The van der Waals surface area contributed by atoms with Crippen molar-refractivity contribution in [3.63, 3.8) is 0 Å². The molecule has 0 atom stereocenters. The predicted molar refractivity (Wildman–Crippen MR) is 103 cm³/mol. The smallest absolute Gasteiger partial charge is 0.337 e. The number of hydrogen-bond acceptors (Lipinski definition) is 5. The molecule has 1 aromatic carbocycles. The molecule has 0 aliphatic rings. The third-order valence-corrected chi connectivity index (χ3v) is 4.47. The van der Waals surface area contributed by atoms with E-state index in [1.807, 2.05) is 6.92 Å². The van der Waals surface area contributed by atoms with Crippen molar-refractivity contribution in [1.29, 1.82) is 0 Å². The fourth-order valence-corrected chi connectivity index (χ4v) is 3.11. The van der Waals surface area contributed by atoms with Gasteiger partial charge in [0.05, 0.1) is 24.4 Å². The van der Waals surface area contributed by atoms with Gasteiger partial charge in [0.2, 0.25) is 0 Å². The zero-order valence-corrected chi connectivity index (χ0v) is 15.7. The lowest BCUT2D eigenvalue weighted by Gasteiger charge is -2.17. The van der Waals surface area contributed by atoms with Crippen LogP contribution in [0.3, 0.4) is 0 Å². The minimum absolute atomic E-state index is 0.196. The monoisotopic (exact) mass is 369 g/mol. The highest BCUT2D eigenvalue weighted by Crippen LogP contribution is 2.25. The molecule has 1 amide bonds. The molecule has 0 saturated heterocycles. The van der Waals surface area contributed by atoms with Crippen molar-refractivity contribution < 1.29 is 13.9 Å². The quantitative estimate of drug-likeness (QED) is 0.636. The van der Waals surface area contributed by atoms with Crippen LogP contribution in [0.4, 0.5) is 5.82 Å². The van der Waals surface area contributed by atoms with Gasteiger partial charge in [-0.3, -0.25) is 4.79 Å². The zero-order valence-electron chi connectivity index (χ0n) is 15.7. The molecule has 0 fully saturated rings. The van der Waals surface area contributed by atoms with Gasteiger partial charge in [0.25, 0.3) is 5.91 Å². The molecule has 0 aliphatic carbocycles. The van der Waals surface area contributed by atoms with Gasteiger partial charge in [-0.1, -0.05) is 13.8 Å². The molecule has 3 rings (SSSR count). The summed E-state index contributed by atoms with van der Waals surface area (Å²) < 4.78 is 12.5. The topological polar surface area (TPSA) is 86.4 Å². The third-order valence-electron chi connectivity index (χ3n) is 4.47. The van der Waals surface area contributed by atoms with Crippen LogP contribution in [0.25, 0.3) is 11.0 Å². The van der Waals surface area contributed by atoms with Crippen LogP contribution >= 0.6 is 0 Å². The van der Waals surface area contributed by atoms with Crippen LogP contribution in [0.2, 0.25) is 0 Å². The van der Waals surface area contributed by atoms with Gasteiger partial charge in [-0.15, -0.1) is 0 Å². The average Bonchev–Trinajstić information content (AvgIpc) is 3.10.